The molecule has 0 saturated carbocycles. The number of nitrogens with one attached hydrogen (secondary N) is 1. The van der Waals surface area contributed by atoms with Crippen LogP contribution in [0.5, 0.6) is 11.6 Å². The van der Waals surface area contributed by atoms with Gasteiger partial charge in [-0.05, 0) is 24.3 Å². The second kappa shape index (κ2) is 6.53. The zero-order chi connectivity index (χ0) is 20.0. The molecule has 0 saturated heterocycles. The van der Waals surface area contributed by atoms with Gasteiger partial charge in [-0.25, -0.2) is 29.4 Å². The zero-order valence-corrected chi connectivity index (χ0v) is 15.4. The van der Waals surface area contributed by atoms with Gasteiger partial charge < -0.3 is 15.2 Å². The molecular formula is C19H11N5O4S. The summed E-state index contributed by atoms with van der Waals surface area (Å²) in [5.74, 6) is 0.140. The molecule has 1 aliphatic rings. The molecule has 4 aromatic heterocycles. The van der Waals surface area contributed by atoms with Gasteiger partial charge >= 0.3 is 12.0 Å². The minimum atomic E-state index is -1.11. The van der Waals surface area contributed by atoms with E-state index in [0.717, 1.165) is 11.3 Å². The SMILES string of the molecule is O=C(O)c1sc2nccc3c2c1NC(=O)N3c1ccc(Oc2ccccn2)cn1. The number of carboxylic acid groups (broad SMARTS) is 1. The molecule has 5 heterocycles. The Hall–Kier alpha value is -4.05. The van der Waals surface area contributed by atoms with E-state index in [-0.39, 0.29) is 10.6 Å². The average Bonchev–Trinajstić information content (AvgIpc) is 3.10. The van der Waals surface area contributed by atoms with Gasteiger partial charge in [0.15, 0.2) is 0 Å². The first-order valence-corrected chi connectivity index (χ1v) is 9.24. The molecule has 2 N–H and O–H groups in total. The third-order valence-electron chi connectivity index (χ3n) is 4.25. The predicted molar refractivity (Wildman–Crippen MR) is 106 cm³/mol. The Kier molecular flexibility index (Phi) is 3.85. The van der Waals surface area contributed by atoms with E-state index in [1.54, 1.807) is 42.6 Å². The number of aromatic carboxylic acids is 1. The van der Waals surface area contributed by atoms with E-state index in [1.807, 2.05) is 0 Å². The summed E-state index contributed by atoms with van der Waals surface area (Å²) in [6.07, 6.45) is 4.64. The summed E-state index contributed by atoms with van der Waals surface area (Å²) in [6, 6.07) is 9.78. The monoisotopic (exact) mass is 405 g/mol. The van der Waals surface area contributed by atoms with Crippen LogP contribution in [0.1, 0.15) is 9.67 Å². The van der Waals surface area contributed by atoms with Crippen LogP contribution < -0.4 is 15.0 Å². The van der Waals surface area contributed by atoms with Crippen LogP contribution in [0.15, 0.2) is 55.0 Å². The van der Waals surface area contributed by atoms with Crippen molar-refractivity contribution in [3.63, 3.8) is 0 Å². The minimum absolute atomic E-state index is 0.0417. The van der Waals surface area contributed by atoms with Crippen molar-refractivity contribution in [3.8, 4) is 11.6 Å². The van der Waals surface area contributed by atoms with Crippen molar-refractivity contribution in [2.75, 3.05) is 10.2 Å². The number of carbonyl (C=O) groups excluding carboxylic acids is 1. The summed E-state index contributed by atoms with van der Waals surface area (Å²) in [4.78, 5) is 38.9. The highest BCUT2D eigenvalue weighted by molar-refractivity contribution is 7.21. The van der Waals surface area contributed by atoms with Gasteiger partial charge in [0.2, 0.25) is 5.88 Å². The highest BCUT2D eigenvalue weighted by Crippen LogP contribution is 2.45. The molecule has 9 nitrogen and oxygen atoms in total. The second-order valence-electron chi connectivity index (χ2n) is 6.01. The Morgan fingerprint density at radius 2 is 2.00 bits per heavy atom. The third-order valence-corrected chi connectivity index (χ3v) is 5.34. The van der Waals surface area contributed by atoms with Gasteiger partial charge in [-0.1, -0.05) is 6.07 Å². The van der Waals surface area contributed by atoms with Crippen LogP contribution in [-0.4, -0.2) is 32.1 Å². The molecule has 29 heavy (non-hydrogen) atoms. The van der Waals surface area contributed by atoms with E-state index in [4.69, 9.17) is 4.74 Å². The lowest BCUT2D eigenvalue weighted by Crippen LogP contribution is -2.34. The van der Waals surface area contributed by atoms with Crippen molar-refractivity contribution in [3.05, 3.63) is 59.9 Å². The van der Waals surface area contributed by atoms with Crippen LogP contribution in [-0.2, 0) is 0 Å². The lowest BCUT2D eigenvalue weighted by atomic mass is 10.1. The highest BCUT2D eigenvalue weighted by Gasteiger charge is 2.33. The molecule has 0 radical (unpaired) electrons. The van der Waals surface area contributed by atoms with E-state index < -0.39 is 12.0 Å². The number of pyridine rings is 3. The van der Waals surface area contributed by atoms with Gasteiger partial charge in [0.05, 0.1) is 23.0 Å². The third kappa shape index (κ3) is 2.82. The molecule has 4 aromatic rings. The number of thiophene rings is 1. The molecular weight excluding hydrogens is 394 g/mol. The molecule has 1 aliphatic heterocycles. The molecule has 0 unspecified atom stereocenters. The van der Waals surface area contributed by atoms with Crippen molar-refractivity contribution in [2.45, 2.75) is 0 Å². The maximum atomic E-state index is 12.8. The number of hydrogen-bond donors (Lipinski definition) is 2. The van der Waals surface area contributed by atoms with Crippen molar-refractivity contribution in [1.29, 1.82) is 0 Å². The van der Waals surface area contributed by atoms with E-state index >= 15 is 0 Å². The Morgan fingerprint density at radius 1 is 1.10 bits per heavy atom. The van der Waals surface area contributed by atoms with E-state index in [9.17, 15) is 14.7 Å². The number of nitrogens with zero attached hydrogens (tertiary/aromatic N) is 4. The molecule has 142 valence electrons. The van der Waals surface area contributed by atoms with Crippen LogP contribution in [0.4, 0.5) is 22.0 Å². The molecule has 0 aromatic carbocycles. The van der Waals surface area contributed by atoms with Crippen LogP contribution in [0.3, 0.4) is 0 Å². The topological polar surface area (TPSA) is 118 Å². The maximum Gasteiger partial charge on any atom is 0.348 e. The summed E-state index contributed by atoms with van der Waals surface area (Å²) >= 11 is 1.01. The van der Waals surface area contributed by atoms with Crippen molar-refractivity contribution < 1.29 is 19.4 Å². The zero-order valence-electron chi connectivity index (χ0n) is 14.6. The van der Waals surface area contributed by atoms with E-state index in [1.165, 1.54) is 17.3 Å². The molecule has 10 heteroatoms. The number of carboxylic acids is 1. The van der Waals surface area contributed by atoms with E-state index in [2.05, 4.69) is 20.3 Å². The predicted octanol–water partition coefficient (Wildman–Crippen LogP) is 4.26. The van der Waals surface area contributed by atoms with Crippen molar-refractivity contribution >= 4 is 50.7 Å². The molecule has 0 spiro atoms. The number of hydrogen-bond acceptors (Lipinski definition) is 7. The number of amides is 2. The van der Waals surface area contributed by atoms with Gasteiger partial charge in [-0.2, -0.15) is 0 Å². The van der Waals surface area contributed by atoms with Crippen LogP contribution >= 0.6 is 11.3 Å². The fraction of sp³-hybridized carbons (Fsp3) is 0. The summed E-state index contributed by atoms with van der Waals surface area (Å²) < 4.78 is 5.62. The van der Waals surface area contributed by atoms with Gasteiger partial charge in [-0.15, -0.1) is 11.3 Å². The highest BCUT2D eigenvalue weighted by atomic mass is 32.1. The Bertz CT molecular complexity index is 1260. The fourth-order valence-electron chi connectivity index (χ4n) is 3.06. The Labute approximate surface area is 167 Å². The number of anilines is 3. The maximum absolute atomic E-state index is 12.8. The van der Waals surface area contributed by atoms with Gasteiger partial charge in [0.25, 0.3) is 0 Å². The molecule has 0 bridgehead atoms. The quantitative estimate of drug-likeness (QED) is 0.521. The summed E-state index contributed by atoms with van der Waals surface area (Å²) in [6.45, 7) is 0. The molecule has 0 fully saturated rings. The van der Waals surface area contributed by atoms with Gasteiger partial charge in [0.1, 0.15) is 21.3 Å². The van der Waals surface area contributed by atoms with Crippen LogP contribution in [0, 0.1) is 0 Å². The molecule has 5 rings (SSSR count). The largest absolute Gasteiger partial charge is 0.477 e. The average molecular weight is 405 g/mol. The summed E-state index contributed by atoms with van der Waals surface area (Å²) in [5, 5.41) is 12.6. The Balaban J connectivity index is 1.54. The van der Waals surface area contributed by atoms with Gasteiger partial charge in [-0.3, -0.25) is 0 Å². The Morgan fingerprint density at radius 3 is 2.72 bits per heavy atom. The first-order valence-electron chi connectivity index (χ1n) is 8.42. The van der Waals surface area contributed by atoms with Crippen molar-refractivity contribution in [2.24, 2.45) is 0 Å². The minimum Gasteiger partial charge on any atom is -0.477 e. The lowest BCUT2D eigenvalue weighted by Gasteiger charge is -2.27. The smallest absolute Gasteiger partial charge is 0.348 e. The lowest BCUT2D eigenvalue weighted by molar-refractivity contribution is 0.0703. The number of ether oxygens (including phenoxy) is 1. The second-order valence-corrected chi connectivity index (χ2v) is 7.01. The first kappa shape index (κ1) is 17.1. The molecule has 0 aliphatic carbocycles. The fourth-order valence-corrected chi connectivity index (χ4v) is 4.01. The van der Waals surface area contributed by atoms with Crippen LogP contribution in [0.25, 0.3) is 10.2 Å². The van der Waals surface area contributed by atoms with Crippen molar-refractivity contribution in [1.82, 2.24) is 15.0 Å². The number of rotatable bonds is 4. The normalized spacial score (nSPS) is 12.7. The standard InChI is InChI=1S/C19H11N5O4S/c25-18(26)16-15-14-11(6-8-21-17(14)29-16)24(19(27)23-15)12-5-4-10(9-22-12)28-13-3-1-2-7-20-13/h1-9H,(H,23,27)(H,25,26). The molecule has 2 amide bonds. The summed E-state index contributed by atoms with van der Waals surface area (Å²) in [7, 11) is 0. The number of carbonyl (C=O) groups is 2. The number of urea groups is 1. The number of aromatic nitrogens is 3. The first-order chi connectivity index (χ1) is 14.1. The van der Waals surface area contributed by atoms with Gasteiger partial charge in [0, 0.05) is 18.5 Å². The molecule has 0 atom stereocenters. The summed E-state index contributed by atoms with van der Waals surface area (Å²) in [5.41, 5.74) is 0.778. The van der Waals surface area contributed by atoms with Crippen LogP contribution in [0.2, 0.25) is 0 Å². The van der Waals surface area contributed by atoms with E-state index in [0.29, 0.717) is 33.4 Å².